The normalized spacial score (nSPS) is 11.4. The second kappa shape index (κ2) is 3.93. The van der Waals surface area contributed by atoms with E-state index in [1.165, 1.54) is 0 Å². The molecule has 0 fully saturated rings. The molecular weight excluding hydrogens is 192 g/mol. The van der Waals surface area contributed by atoms with Gasteiger partial charge in [-0.1, -0.05) is 39.0 Å². The van der Waals surface area contributed by atoms with E-state index >= 15 is 0 Å². The molecule has 0 heterocycles. The first-order valence-corrected chi connectivity index (χ1v) is 4.85. The molecular formula is C12H16O3. The van der Waals surface area contributed by atoms with E-state index in [0.717, 1.165) is 5.56 Å². The average Bonchev–Trinajstić information content (AvgIpc) is 2.05. The van der Waals surface area contributed by atoms with Gasteiger partial charge in [0.25, 0.3) is 0 Å². The minimum atomic E-state index is -0.934. The van der Waals surface area contributed by atoms with E-state index in [-0.39, 0.29) is 17.6 Å². The van der Waals surface area contributed by atoms with E-state index in [2.05, 4.69) is 0 Å². The maximum Gasteiger partial charge on any atom is 0.307 e. The predicted molar refractivity (Wildman–Crippen MR) is 58.1 cm³/mol. The van der Waals surface area contributed by atoms with Crippen molar-refractivity contribution in [1.29, 1.82) is 0 Å². The van der Waals surface area contributed by atoms with Gasteiger partial charge in [-0.05, 0) is 11.0 Å². The smallest absolute Gasteiger partial charge is 0.307 e. The summed E-state index contributed by atoms with van der Waals surface area (Å²) in [6.45, 7) is 5.94. The van der Waals surface area contributed by atoms with Crippen LogP contribution in [0.15, 0.2) is 18.2 Å². The standard InChI is InChI=1S/C12H16O3/c1-12(2,3)9-6-4-5-8(11(9)15)7-10(13)14/h4-6,15H,7H2,1-3H3,(H,13,14). The lowest BCUT2D eigenvalue weighted by molar-refractivity contribution is -0.136. The van der Waals surface area contributed by atoms with Crippen LogP contribution in [0.25, 0.3) is 0 Å². The lowest BCUT2D eigenvalue weighted by atomic mass is 9.85. The molecule has 0 saturated carbocycles. The Hall–Kier alpha value is -1.51. The van der Waals surface area contributed by atoms with Gasteiger partial charge in [0.2, 0.25) is 0 Å². The molecule has 0 unspecified atom stereocenters. The SMILES string of the molecule is CC(C)(C)c1cccc(CC(=O)O)c1O. The zero-order chi connectivity index (χ0) is 11.6. The number of carbonyl (C=O) groups is 1. The molecule has 0 radical (unpaired) electrons. The van der Waals surface area contributed by atoms with Crippen LogP contribution in [0.3, 0.4) is 0 Å². The Morgan fingerprint density at radius 1 is 1.33 bits per heavy atom. The highest BCUT2D eigenvalue weighted by Crippen LogP contribution is 2.33. The van der Waals surface area contributed by atoms with Crippen molar-refractivity contribution in [2.75, 3.05) is 0 Å². The molecule has 0 bridgehead atoms. The molecule has 0 spiro atoms. The van der Waals surface area contributed by atoms with Crippen molar-refractivity contribution >= 4 is 5.97 Å². The maximum absolute atomic E-state index is 10.6. The first-order valence-electron chi connectivity index (χ1n) is 4.85. The number of aliphatic carboxylic acids is 1. The van der Waals surface area contributed by atoms with Crippen molar-refractivity contribution < 1.29 is 15.0 Å². The third-order valence-corrected chi connectivity index (χ3v) is 2.27. The van der Waals surface area contributed by atoms with Crippen LogP contribution in [0, 0.1) is 0 Å². The molecule has 0 saturated heterocycles. The van der Waals surface area contributed by atoms with Crippen LogP contribution in [0.5, 0.6) is 5.75 Å². The zero-order valence-electron chi connectivity index (χ0n) is 9.24. The van der Waals surface area contributed by atoms with Gasteiger partial charge in [-0.25, -0.2) is 0 Å². The lowest BCUT2D eigenvalue weighted by Gasteiger charge is -2.21. The number of carboxylic acids is 1. The highest BCUT2D eigenvalue weighted by Gasteiger charge is 2.20. The van der Waals surface area contributed by atoms with Crippen molar-refractivity contribution in [2.24, 2.45) is 0 Å². The van der Waals surface area contributed by atoms with Gasteiger partial charge in [-0.15, -0.1) is 0 Å². The number of benzene rings is 1. The van der Waals surface area contributed by atoms with Gasteiger partial charge in [0, 0.05) is 5.56 Å². The van der Waals surface area contributed by atoms with Crippen molar-refractivity contribution in [3.05, 3.63) is 29.3 Å². The van der Waals surface area contributed by atoms with Gasteiger partial charge < -0.3 is 10.2 Å². The number of para-hydroxylation sites is 1. The van der Waals surface area contributed by atoms with Gasteiger partial charge in [0.05, 0.1) is 6.42 Å². The number of aromatic hydroxyl groups is 1. The summed E-state index contributed by atoms with van der Waals surface area (Å²) in [6, 6.07) is 5.23. The third-order valence-electron chi connectivity index (χ3n) is 2.27. The van der Waals surface area contributed by atoms with Crippen LogP contribution >= 0.6 is 0 Å². The van der Waals surface area contributed by atoms with Gasteiger partial charge in [-0.2, -0.15) is 0 Å². The lowest BCUT2D eigenvalue weighted by Crippen LogP contribution is -2.12. The summed E-state index contributed by atoms with van der Waals surface area (Å²) in [7, 11) is 0. The van der Waals surface area contributed by atoms with Crippen molar-refractivity contribution in [3.8, 4) is 5.75 Å². The number of phenolic OH excluding ortho intramolecular Hbond substituents is 1. The van der Waals surface area contributed by atoms with Crippen molar-refractivity contribution in [2.45, 2.75) is 32.6 Å². The number of hydrogen-bond donors (Lipinski definition) is 2. The fourth-order valence-electron chi connectivity index (χ4n) is 1.50. The molecule has 0 aromatic heterocycles. The molecule has 1 rings (SSSR count). The molecule has 82 valence electrons. The largest absolute Gasteiger partial charge is 0.507 e. The Kier molecular flexibility index (Phi) is 3.03. The van der Waals surface area contributed by atoms with Crippen molar-refractivity contribution in [3.63, 3.8) is 0 Å². The van der Waals surface area contributed by atoms with Gasteiger partial charge >= 0.3 is 5.97 Å². The Labute approximate surface area is 89.4 Å². The average molecular weight is 208 g/mol. The highest BCUT2D eigenvalue weighted by molar-refractivity contribution is 5.71. The predicted octanol–water partition coefficient (Wildman–Crippen LogP) is 2.32. The van der Waals surface area contributed by atoms with E-state index in [1.54, 1.807) is 12.1 Å². The second-order valence-electron chi connectivity index (χ2n) is 4.63. The van der Waals surface area contributed by atoms with Crippen LogP contribution in [-0.4, -0.2) is 16.2 Å². The van der Waals surface area contributed by atoms with Gasteiger partial charge in [0.15, 0.2) is 0 Å². The van der Waals surface area contributed by atoms with Gasteiger partial charge in [-0.3, -0.25) is 4.79 Å². The number of hydrogen-bond acceptors (Lipinski definition) is 2. The van der Waals surface area contributed by atoms with E-state index in [0.29, 0.717) is 5.56 Å². The van der Waals surface area contributed by atoms with E-state index in [9.17, 15) is 9.90 Å². The quantitative estimate of drug-likeness (QED) is 0.784. The molecule has 3 heteroatoms. The summed E-state index contributed by atoms with van der Waals surface area (Å²) in [5.41, 5.74) is 1.06. The number of phenols is 1. The Balaban J connectivity index is 3.17. The molecule has 0 aliphatic rings. The number of carboxylic acid groups (broad SMARTS) is 1. The Bertz CT molecular complexity index is 375. The maximum atomic E-state index is 10.6. The van der Waals surface area contributed by atoms with Crippen LogP contribution < -0.4 is 0 Å². The minimum absolute atomic E-state index is 0.104. The third kappa shape index (κ3) is 2.72. The summed E-state index contributed by atoms with van der Waals surface area (Å²) in [4.78, 5) is 10.6. The van der Waals surface area contributed by atoms with E-state index in [1.807, 2.05) is 26.8 Å². The first-order chi connectivity index (χ1) is 6.82. The zero-order valence-corrected chi connectivity index (χ0v) is 9.24. The van der Waals surface area contributed by atoms with Crippen LogP contribution in [-0.2, 0) is 16.6 Å². The summed E-state index contributed by atoms with van der Waals surface area (Å²) in [5.74, 6) is -0.830. The van der Waals surface area contributed by atoms with E-state index in [4.69, 9.17) is 5.11 Å². The van der Waals surface area contributed by atoms with Crippen molar-refractivity contribution in [1.82, 2.24) is 0 Å². The summed E-state index contributed by atoms with van der Waals surface area (Å²) in [5, 5.41) is 18.6. The summed E-state index contributed by atoms with van der Waals surface area (Å²) in [6.07, 6.45) is -0.143. The minimum Gasteiger partial charge on any atom is -0.507 e. The number of rotatable bonds is 2. The van der Waals surface area contributed by atoms with Crippen LogP contribution in [0.2, 0.25) is 0 Å². The highest BCUT2D eigenvalue weighted by atomic mass is 16.4. The second-order valence-corrected chi connectivity index (χ2v) is 4.63. The monoisotopic (exact) mass is 208 g/mol. The molecule has 15 heavy (non-hydrogen) atoms. The molecule has 0 amide bonds. The first kappa shape index (κ1) is 11.6. The summed E-state index contributed by atoms with van der Waals surface area (Å²) >= 11 is 0. The molecule has 0 aliphatic carbocycles. The molecule has 1 aromatic carbocycles. The fourth-order valence-corrected chi connectivity index (χ4v) is 1.50. The van der Waals surface area contributed by atoms with Crippen LogP contribution in [0.1, 0.15) is 31.9 Å². The molecule has 1 aromatic rings. The van der Waals surface area contributed by atoms with Gasteiger partial charge in [0.1, 0.15) is 5.75 Å². The Morgan fingerprint density at radius 2 is 1.93 bits per heavy atom. The van der Waals surface area contributed by atoms with E-state index < -0.39 is 5.97 Å². The van der Waals surface area contributed by atoms with Crippen LogP contribution in [0.4, 0.5) is 0 Å². The molecule has 3 nitrogen and oxygen atoms in total. The topological polar surface area (TPSA) is 57.5 Å². The summed E-state index contributed by atoms with van der Waals surface area (Å²) < 4.78 is 0. The fraction of sp³-hybridized carbons (Fsp3) is 0.417. The molecule has 2 N–H and O–H groups in total. The molecule has 0 aliphatic heterocycles. The molecule has 0 atom stereocenters. The Morgan fingerprint density at radius 3 is 2.40 bits per heavy atom.